The minimum Gasteiger partial charge on any atom is -0.484 e. The third kappa shape index (κ3) is 4.92. The molecule has 2 aliphatic rings. The average Bonchev–Trinajstić information content (AvgIpc) is 3.19. The summed E-state index contributed by atoms with van der Waals surface area (Å²) in [5, 5.41) is 0. The first kappa shape index (κ1) is 19.4. The molecule has 0 bridgehead atoms. The predicted octanol–water partition coefficient (Wildman–Crippen LogP) is 1.93. The van der Waals surface area contributed by atoms with Crippen LogP contribution < -0.4 is 9.64 Å². The molecule has 1 aromatic carbocycles. The molecule has 2 aliphatic heterocycles. The van der Waals surface area contributed by atoms with Crippen LogP contribution in [0.3, 0.4) is 0 Å². The van der Waals surface area contributed by atoms with Crippen molar-refractivity contribution in [3.05, 3.63) is 54.4 Å². The van der Waals surface area contributed by atoms with E-state index < -0.39 is 0 Å². The van der Waals surface area contributed by atoms with Gasteiger partial charge in [-0.3, -0.25) is 19.5 Å². The highest BCUT2D eigenvalue weighted by Gasteiger charge is 2.23. The molecule has 7 heteroatoms. The molecule has 1 aromatic heterocycles. The van der Waals surface area contributed by atoms with Crippen molar-refractivity contribution in [2.75, 3.05) is 44.2 Å². The molecular formula is C22H26N4O3. The zero-order chi connectivity index (χ0) is 20.1. The summed E-state index contributed by atoms with van der Waals surface area (Å²) in [7, 11) is 0. The lowest BCUT2D eigenvalue weighted by Crippen LogP contribution is -2.49. The first-order chi connectivity index (χ1) is 14.2. The molecule has 4 rings (SSSR count). The van der Waals surface area contributed by atoms with Crippen molar-refractivity contribution < 1.29 is 14.3 Å². The van der Waals surface area contributed by atoms with Crippen LogP contribution in [0.5, 0.6) is 5.75 Å². The van der Waals surface area contributed by atoms with E-state index in [2.05, 4.69) is 9.88 Å². The second kappa shape index (κ2) is 9.05. The Morgan fingerprint density at radius 1 is 1.00 bits per heavy atom. The van der Waals surface area contributed by atoms with E-state index in [9.17, 15) is 9.59 Å². The van der Waals surface area contributed by atoms with Crippen molar-refractivity contribution in [2.24, 2.45) is 0 Å². The Kier molecular flexibility index (Phi) is 6.05. The molecule has 7 nitrogen and oxygen atoms in total. The minimum absolute atomic E-state index is 0.00119. The normalized spacial score (nSPS) is 17.6. The van der Waals surface area contributed by atoms with Gasteiger partial charge in [-0.15, -0.1) is 0 Å². The van der Waals surface area contributed by atoms with Gasteiger partial charge in [0.05, 0.1) is 5.69 Å². The van der Waals surface area contributed by atoms with Crippen molar-refractivity contribution in [2.45, 2.75) is 19.4 Å². The fourth-order valence-electron chi connectivity index (χ4n) is 3.76. The lowest BCUT2D eigenvalue weighted by Gasteiger charge is -2.34. The molecule has 152 valence electrons. The molecule has 0 N–H and O–H groups in total. The number of nitrogens with zero attached hydrogens (tertiary/aromatic N) is 4. The SMILES string of the molecule is O=C(COc1ccc(N2CCCC2=O)cc1)N1CCN(Cc2ccccn2)CC1. The largest absolute Gasteiger partial charge is 0.484 e. The maximum atomic E-state index is 12.5. The second-order valence-corrected chi connectivity index (χ2v) is 7.41. The van der Waals surface area contributed by atoms with E-state index in [0.717, 1.165) is 44.0 Å². The van der Waals surface area contributed by atoms with Crippen LogP contribution in [-0.2, 0) is 16.1 Å². The van der Waals surface area contributed by atoms with Gasteiger partial charge in [0.2, 0.25) is 5.91 Å². The first-order valence-corrected chi connectivity index (χ1v) is 10.1. The number of aromatic nitrogens is 1. The molecule has 2 fully saturated rings. The van der Waals surface area contributed by atoms with Crippen molar-refractivity contribution in [3.63, 3.8) is 0 Å². The quantitative estimate of drug-likeness (QED) is 0.749. The van der Waals surface area contributed by atoms with Crippen LogP contribution in [0.25, 0.3) is 0 Å². The number of pyridine rings is 1. The molecule has 2 amide bonds. The van der Waals surface area contributed by atoms with Gasteiger partial charge in [0.25, 0.3) is 5.91 Å². The van der Waals surface area contributed by atoms with E-state index >= 15 is 0 Å². The number of piperazine rings is 1. The van der Waals surface area contributed by atoms with E-state index in [0.29, 0.717) is 25.3 Å². The Hall–Kier alpha value is -2.93. The van der Waals surface area contributed by atoms with Crippen LogP contribution in [0.2, 0.25) is 0 Å². The molecule has 0 radical (unpaired) electrons. The number of hydrogen-bond donors (Lipinski definition) is 0. The summed E-state index contributed by atoms with van der Waals surface area (Å²) < 4.78 is 5.67. The van der Waals surface area contributed by atoms with Crippen LogP contribution in [0.15, 0.2) is 48.7 Å². The van der Waals surface area contributed by atoms with Gasteiger partial charge in [-0.05, 0) is 42.8 Å². The van der Waals surface area contributed by atoms with Crippen LogP contribution in [0.1, 0.15) is 18.5 Å². The van der Waals surface area contributed by atoms with Gasteiger partial charge in [0.1, 0.15) is 5.75 Å². The highest BCUT2D eigenvalue weighted by molar-refractivity contribution is 5.95. The molecule has 0 saturated carbocycles. The summed E-state index contributed by atoms with van der Waals surface area (Å²) in [6.07, 6.45) is 3.32. The van der Waals surface area contributed by atoms with Crippen molar-refractivity contribution >= 4 is 17.5 Å². The summed E-state index contributed by atoms with van der Waals surface area (Å²) in [6, 6.07) is 13.3. The van der Waals surface area contributed by atoms with E-state index in [1.165, 1.54) is 0 Å². The zero-order valence-corrected chi connectivity index (χ0v) is 16.5. The third-order valence-corrected chi connectivity index (χ3v) is 5.42. The Labute approximate surface area is 170 Å². The summed E-state index contributed by atoms with van der Waals surface area (Å²) in [6.45, 7) is 4.68. The number of anilines is 1. The predicted molar refractivity (Wildman–Crippen MR) is 110 cm³/mol. The fraction of sp³-hybridized carbons (Fsp3) is 0.409. The summed E-state index contributed by atoms with van der Waals surface area (Å²) in [5.41, 5.74) is 1.94. The smallest absolute Gasteiger partial charge is 0.260 e. The first-order valence-electron chi connectivity index (χ1n) is 10.1. The zero-order valence-electron chi connectivity index (χ0n) is 16.5. The fourth-order valence-corrected chi connectivity index (χ4v) is 3.76. The van der Waals surface area contributed by atoms with E-state index in [4.69, 9.17) is 4.74 Å². The van der Waals surface area contributed by atoms with Crippen molar-refractivity contribution in [1.82, 2.24) is 14.8 Å². The molecule has 0 unspecified atom stereocenters. The second-order valence-electron chi connectivity index (χ2n) is 7.41. The van der Waals surface area contributed by atoms with Crippen molar-refractivity contribution in [1.29, 1.82) is 0 Å². The van der Waals surface area contributed by atoms with E-state index in [1.807, 2.05) is 53.6 Å². The Morgan fingerprint density at radius 3 is 2.45 bits per heavy atom. The van der Waals surface area contributed by atoms with Crippen LogP contribution in [-0.4, -0.2) is 65.9 Å². The van der Waals surface area contributed by atoms with Gasteiger partial charge >= 0.3 is 0 Å². The summed E-state index contributed by atoms with van der Waals surface area (Å²) in [5.74, 6) is 0.805. The van der Waals surface area contributed by atoms with Crippen LogP contribution >= 0.6 is 0 Å². The maximum absolute atomic E-state index is 12.5. The van der Waals surface area contributed by atoms with E-state index in [1.54, 1.807) is 4.90 Å². The topological polar surface area (TPSA) is 66.0 Å². The highest BCUT2D eigenvalue weighted by atomic mass is 16.5. The number of carbonyl (C=O) groups is 2. The molecule has 0 aliphatic carbocycles. The highest BCUT2D eigenvalue weighted by Crippen LogP contribution is 2.24. The minimum atomic E-state index is 0.00119. The Morgan fingerprint density at radius 2 is 1.79 bits per heavy atom. The van der Waals surface area contributed by atoms with Gasteiger partial charge in [0, 0.05) is 57.6 Å². The molecule has 29 heavy (non-hydrogen) atoms. The molecule has 0 atom stereocenters. The number of hydrogen-bond acceptors (Lipinski definition) is 5. The third-order valence-electron chi connectivity index (χ3n) is 5.42. The number of benzene rings is 1. The van der Waals surface area contributed by atoms with Gasteiger partial charge in [0.15, 0.2) is 6.61 Å². The number of rotatable bonds is 6. The monoisotopic (exact) mass is 394 g/mol. The van der Waals surface area contributed by atoms with Crippen LogP contribution in [0, 0.1) is 0 Å². The summed E-state index contributed by atoms with van der Waals surface area (Å²) >= 11 is 0. The lowest BCUT2D eigenvalue weighted by atomic mass is 10.2. The molecule has 2 aromatic rings. The molecule has 0 spiro atoms. The molecule has 3 heterocycles. The number of amides is 2. The Bertz CT molecular complexity index is 833. The number of ether oxygens (including phenoxy) is 1. The van der Waals surface area contributed by atoms with Gasteiger partial charge in [-0.2, -0.15) is 0 Å². The van der Waals surface area contributed by atoms with E-state index in [-0.39, 0.29) is 18.4 Å². The van der Waals surface area contributed by atoms with Gasteiger partial charge in [-0.1, -0.05) is 6.07 Å². The number of carbonyl (C=O) groups excluding carboxylic acids is 2. The van der Waals surface area contributed by atoms with Crippen molar-refractivity contribution in [3.8, 4) is 5.75 Å². The molecular weight excluding hydrogens is 368 g/mol. The maximum Gasteiger partial charge on any atom is 0.260 e. The van der Waals surface area contributed by atoms with Gasteiger partial charge in [-0.25, -0.2) is 0 Å². The average molecular weight is 394 g/mol. The standard InChI is InChI=1S/C22H26N4O3/c27-21-5-3-11-26(21)19-6-8-20(9-7-19)29-17-22(28)25-14-12-24(13-15-25)16-18-4-1-2-10-23-18/h1-2,4,6-10H,3,5,11-17H2. The lowest BCUT2D eigenvalue weighted by molar-refractivity contribution is -0.135. The van der Waals surface area contributed by atoms with Crippen LogP contribution in [0.4, 0.5) is 5.69 Å². The van der Waals surface area contributed by atoms with Gasteiger partial charge < -0.3 is 14.5 Å². The summed E-state index contributed by atoms with van der Waals surface area (Å²) in [4.78, 5) is 34.6. The molecule has 2 saturated heterocycles. The Balaban J connectivity index is 1.21.